The summed E-state index contributed by atoms with van der Waals surface area (Å²) in [7, 11) is 3.66. The molecule has 140 valence electrons. The molecule has 1 aromatic carbocycles. The average Bonchev–Trinajstić information content (AvgIpc) is 2.60. The Morgan fingerprint density at radius 3 is 2.42 bits per heavy atom. The van der Waals surface area contributed by atoms with Crippen LogP contribution in [0.15, 0.2) is 30.3 Å². The number of esters is 1. The van der Waals surface area contributed by atoms with Crippen molar-refractivity contribution in [2.24, 2.45) is 0 Å². The fourth-order valence-electron chi connectivity index (χ4n) is 2.84. The van der Waals surface area contributed by atoms with Crippen molar-refractivity contribution in [3.8, 4) is 0 Å². The lowest BCUT2D eigenvalue weighted by Gasteiger charge is -2.38. The minimum absolute atomic E-state index is 0.145. The minimum atomic E-state index is -1.54. The van der Waals surface area contributed by atoms with E-state index in [1.165, 1.54) is 0 Å². The summed E-state index contributed by atoms with van der Waals surface area (Å²) in [5, 5.41) is 2.19. The Balaban J connectivity index is 2.23. The number of carbonyl (C=O) groups is 4. The number of likely N-dealkylation sites (N-methyl/N-ethyl adjacent to an activating group) is 1. The summed E-state index contributed by atoms with van der Waals surface area (Å²) in [6.07, 6.45) is 0.154. The van der Waals surface area contributed by atoms with Gasteiger partial charge in [0, 0.05) is 6.54 Å². The van der Waals surface area contributed by atoms with Crippen LogP contribution in [0.2, 0.25) is 0 Å². The SMILES string of the molecule is CCC1(c2ccccc2)C(=O)NC(=O)N(CC(=O)OCCN(C)C)C1=O. The third-order valence-electron chi connectivity index (χ3n) is 4.35. The molecule has 8 nitrogen and oxygen atoms in total. The van der Waals surface area contributed by atoms with Gasteiger partial charge in [0.1, 0.15) is 13.2 Å². The summed E-state index contributed by atoms with van der Waals surface area (Å²) < 4.78 is 5.05. The Morgan fingerprint density at radius 2 is 1.85 bits per heavy atom. The van der Waals surface area contributed by atoms with Gasteiger partial charge in [-0.25, -0.2) is 4.79 Å². The summed E-state index contributed by atoms with van der Waals surface area (Å²) in [6, 6.07) is 7.59. The van der Waals surface area contributed by atoms with E-state index in [4.69, 9.17) is 4.74 Å². The summed E-state index contributed by atoms with van der Waals surface area (Å²) in [5.41, 5.74) is -1.07. The summed E-state index contributed by atoms with van der Waals surface area (Å²) in [6.45, 7) is 1.81. The molecule has 0 radical (unpaired) electrons. The van der Waals surface area contributed by atoms with E-state index in [1.54, 1.807) is 37.3 Å². The first kappa shape index (κ1) is 19.6. The number of amides is 4. The molecule has 2 rings (SSSR count). The van der Waals surface area contributed by atoms with Crippen LogP contribution in [0.25, 0.3) is 0 Å². The lowest BCUT2D eigenvalue weighted by atomic mass is 9.75. The normalized spacial score (nSPS) is 20.3. The van der Waals surface area contributed by atoms with E-state index in [0.717, 1.165) is 4.90 Å². The molecule has 1 aliphatic rings. The molecule has 0 saturated carbocycles. The van der Waals surface area contributed by atoms with Gasteiger partial charge in [-0.05, 0) is 26.1 Å². The van der Waals surface area contributed by atoms with Crippen molar-refractivity contribution in [3.05, 3.63) is 35.9 Å². The van der Waals surface area contributed by atoms with Crippen LogP contribution in [0.3, 0.4) is 0 Å². The standard InChI is InChI=1S/C18H23N3O5/c1-4-18(13-8-6-5-7-9-13)15(23)19-17(25)21(16(18)24)12-14(22)26-11-10-20(2)3/h5-9H,4,10-12H2,1-3H3,(H,19,23,25). The molecule has 4 amide bonds. The molecule has 0 aliphatic carbocycles. The highest BCUT2D eigenvalue weighted by atomic mass is 16.5. The molecular weight excluding hydrogens is 338 g/mol. The number of rotatable bonds is 7. The van der Waals surface area contributed by atoms with Crippen molar-refractivity contribution in [1.29, 1.82) is 0 Å². The third-order valence-corrected chi connectivity index (χ3v) is 4.35. The summed E-state index contributed by atoms with van der Waals surface area (Å²) in [4.78, 5) is 52.3. The van der Waals surface area contributed by atoms with Crippen LogP contribution in [0.5, 0.6) is 0 Å². The molecule has 1 heterocycles. The second kappa shape index (κ2) is 8.09. The van der Waals surface area contributed by atoms with E-state index >= 15 is 0 Å². The lowest BCUT2D eigenvalue weighted by molar-refractivity contribution is -0.153. The van der Waals surface area contributed by atoms with Crippen LogP contribution in [0.4, 0.5) is 4.79 Å². The van der Waals surface area contributed by atoms with Crippen molar-refractivity contribution in [2.75, 3.05) is 33.8 Å². The highest BCUT2D eigenvalue weighted by Gasteiger charge is 2.54. The Kier molecular flexibility index (Phi) is 6.10. The molecule has 1 N–H and O–H groups in total. The number of nitrogens with zero attached hydrogens (tertiary/aromatic N) is 2. The van der Waals surface area contributed by atoms with Crippen LogP contribution < -0.4 is 5.32 Å². The number of ether oxygens (including phenoxy) is 1. The predicted molar refractivity (Wildman–Crippen MR) is 93.2 cm³/mol. The first-order chi connectivity index (χ1) is 12.3. The zero-order valence-corrected chi connectivity index (χ0v) is 15.2. The van der Waals surface area contributed by atoms with Gasteiger partial charge < -0.3 is 9.64 Å². The highest BCUT2D eigenvalue weighted by molar-refractivity contribution is 6.23. The molecule has 0 aromatic heterocycles. The molecule has 8 heteroatoms. The second-order valence-electron chi connectivity index (χ2n) is 6.30. The van der Waals surface area contributed by atoms with Crippen LogP contribution in [-0.2, 0) is 24.5 Å². The second-order valence-corrected chi connectivity index (χ2v) is 6.30. The van der Waals surface area contributed by atoms with Crippen LogP contribution in [0, 0.1) is 0 Å². The van der Waals surface area contributed by atoms with Crippen molar-refractivity contribution >= 4 is 23.8 Å². The Morgan fingerprint density at radius 1 is 1.19 bits per heavy atom. The number of imide groups is 2. The molecule has 1 fully saturated rings. The minimum Gasteiger partial charge on any atom is -0.463 e. The van der Waals surface area contributed by atoms with Crippen LogP contribution in [-0.4, -0.2) is 67.4 Å². The highest BCUT2D eigenvalue weighted by Crippen LogP contribution is 2.33. The van der Waals surface area contributed by atoms with E-state index in [0.29, 0.717) is 12.1 Å². The molecular formula is C18H23N3O5. The Hall–Kier alpha value is -2.74. The maximum Gasteiger partial charge on any atom is 0.331 e. The van der Waals surface area contributed by atoms with Gasteiger partial charge in [-0.15, -0.1) is 0 Å². The van der Waals surface area contributed by atoms with Crippen molar-refractivity contribution in [1.82, 2.24) is 15.1 Å². The molecule has 0 bridgehead atoms. The Labute approximate surface area is 152 Å². The Bertz CT molecular complexity index is 704. The fraction of sp³-hybridized carbons (Fsp3) is 0.444. The average molecular weight is 361 g/mol. The first-order valence-electron chi connectivity index (χ1n) is 8.36. The number of urea groups is 1. The number of benzene rings is 1. The van der Waals surface area contributed by atoms with Gasteiger partial charge >= 0.3 is 12.0 Å². The maximum absolute atomic E-state index is 13.0. The molecule has 1 saturated heterocycles. The van der Waals surface area contributed by atoms with Gasteiger partial charge in [0.05, 0.1) is 0 Å². The predicted octanol–water partition coefficient (Wildman–Crippen LogP) is 0.518. The molecule has 0 spiro atoms. The molecule has 1 unspecified atom stereocenters. The van der Waals surface area contributed by atoms with E-state index in [-0.39, 0.29) is 13.0 Å². The zero-order chi connectivity index (χ0) is 19.3. The monoisotopic (exact) mass is 361 g/mol. The molecule has 1 aliphatic heterocycles. The van der Waals surface area contributed by atoms with Gasteiger partial charge in [-0.2, -0.15) is 0 Å². The smallest absolute Gasteiger partial charge is 0.331 e. The van der Waals surface area contributed by atoms with Crippen LogP contribution >= 0.6 is 0 Å². The van der Waals surface area contributed by atoms with E-state index in [2.05, 4.69) is 5.32 Å². The number of hydrogen-bond donors (Lipinski definition) is 1. The van der Waals surface area contributed by atoms with Crippen LogP contribution in [0.1, 0.15) is 18.9 Å². The van der Waals surface area contributed by atoms with Gasteiger partial charge in [-0.1, -0.05) is 37.3 Å². The van der Waals surface area contributed by atoms with E-state index in [1.807, 2.05) is 19.0 Å². The van der Waals surface area contributed by atoms with Crippen molar-refractivity contribution in [2.45, 2.75) is 18.8 Å². The number of carbonyl (C=O) groups excluding carboxylic acids is 4. The van der Waals surface area contributed by atoms with Crippen molar-refractivity contribution < 1.29 is 23.9 Å². The molecule has 1 aromatic rings. The topological polar surface area (TPSA) is 96.0 Å². The fourth-order valence-corrected chi connectivity index (χ4v) is 2.84. The number of hydrogen-bond acceptors (Lipinski definition) is 6. The van der Waals surface area contributed by atoms with Gasteiger partial charge in [0.15, 0.2) is 5.41 Å². The van der Waals surface area contributed by atoms with E-state index < -0.39 is 35.8 Å². The molecule has 1 atom stereocenters. The largest absolute Gasteiger partial charge is 0.463 e. The maximum atomic E-state index is 13.0. The zero-order valence-electron chi connectivity index (χ0n) is 15.2. The summed E-state index contributed by atoms with van der Waals surface area (Å²) >= 11 is 0. The number of nitrogens with one attached hydrogen (secondary N) is 1. The number of barbiturate groups is 1. The van der Waals surface area contributed by atoms with E-state index in [9.17, 15) is 19.2 Å². The third kappa shape index (κ3) is 3.75. The summed E-state index contributed by atoms with van der Waals surface area (Å²) in [5.74, 6) is -2.11. The van der Waals surface area contributed by atoms with Gasteiger partial charge in [0.25, 0.3) is 5.91 Å². The molecule has 26 heavy (non-hydrogen) atoms. The first-order valence-corrected chi connectivity index (χ1v) is 8.36. The lowest BCUT2D eigenvalue weighted by Crippen LogP contribution is -2.66. The van der Waals surface area contributed by atoms with Gasteiger partial charge in [-0.3, -0.25) is 24.6 Å². The van der Waals surface area contributed by atoms with Gasteiger partial charge in [0.2, 0.25) is 5.91 Å². The van der Waals surface area contributed by atoms with Crippen molar-refractivity contribution in [3.63, 3.8) is 0 Å². The quantitative estimate of drug-likeness (QED) is 0.562.